The number of hydrogen-bond acceptors (Lipinski definition) is 5. The number of hydrogen-bond donors (Lipinski definition) is 1. The predicted octanol–water partition coefficient (Wildman–Crippen LogP) is 3.42. The first kappa shape index (κ1) is 19.4. The van der Waals surface area contributed by atoms with Crippen LogP contribution in [0.3, 0.4) is 0 Å². The molecule has 1 N–H and O–H groups in total. The van der Waals surface area contributed by atoms with Gasteiger partial charge in [0.2, 0.25) is 0 Å². The largest absolute Gasteiger partial charge is 0.334 e. The number of urea groups is 1. The lowest BCUT2D eigenvalue weighted by Gasteiger charge is -2.34. The first-order valence-electron chi connectivity index (χ1n) is 9.55. The molecule has 2 heterocycles. The van der Waals surface area contributed by atoms with Crippen LogP contribution in [0.25, 0.3) is 11.5 Å². The van der Waals surface area contributed by atoms with E-state index >= 15 is 0 Å². The quantitative estimate of drug-likeness (QED) is 0.696. The lowest BCUT2D eigenvalue weighted by Crippen LogP contribution is -2.51. The Morgan fingerprint density at radius 1 is 1.03 bits per heavy atom. The van der Waals surface area contributed by atoms with E-state index in [0.29, 0.717) is 42.9 Å². The van der Waals surface area contributed by atoms with Crippen molar-refractivity contribution in [2.75, 3.05) is 26.2 Å². The summed E-state index contributed by atoms with van der Waals surface area (Å²) in [7, 11) is 0. The molecule has 8 heteroatoms. The average molecular weight is 412 g/mol. The van der Waals surface area contributed by atoms with Crippen LogP contribution in [0.4, 0.5) is 4.79 Å². The van der Waals surface area contributed by atoms with Crippen molar-refractivity contribution in [3.05, 3.63) is 71.0 Å². The molecule has 1 saturated heterocycles. The second-order valence-electron chi connectivity index (χ2n) is 6.90. The molecule has 0 saturated carbocycles. The molecule has 1 aromatic heterocycles. The molecule has 1 aliphatic heterocycles. The number of carbonyl (C=O) groups excluding carboxylic acids is 1. The highest BCUT2D eigenvalue weighted by molar-refractivity contribution is 6.33. The Morgan fingerprint density at radius 3 is 2.52 bits per heavy atom. The summed E-state index contributed by atoms with van der Waals surface area (Å²) >= 11 is 6.19. The summed E-state index contributed by atoms with van der Waals surface area (Å²) in [5.74, 6) is 1.03. The second-order valence-corrected chi connectivity index (χ2v) is 7.31. The maximum absolute atomic E-state index is 12.4. The van der Waals surface area contributed by atoms with Gasteiger partial charge in [0.05, 0.1) is 17.1 Å². The van der Waals surface area contributed by atoms with Crippen molar-refractivity contribution in [3.8, 4) is 11.5 Å². The van der Waals surface area contributed by atoms with Gasteiger partial charge in [0.1, 0.15) is 0 Å². The summed E-state index contributed by atoms with van der Waals surface area (Å²) in [4.78, 5) is 20.9. The third-order valence-corrected chi connectivity index (χ3v) is 5.21. The summed E-state index contributed by atoms with van der Waals surface area (Å²) in [6, 6.07) is 17.3. The predicted molar refractivity (Wildman–Crippen MR) is 110 cm³/mol. The topological polar surface area (TPSA) is 74.5 Å². The fourth-order valence-electron chi connectivity index (χ4n) is 3.26. The first-order chi connectivity index (χ1) is 14.2. The minimum Gasteiger partial charge on any atom is -0.334 e. The molecule has 3 aromatic rings. The molecule has 0 radical (unpaired) electrons. The third-order valence-electron chi connectivity index (χ3n) is 4.88. The first-order valence-corrected chi connectivity index (χ1v) is 9.93. The SMILES string of the molecule is O=C(NCc1ccccc1)N1CCN(Cc2noc(-c3ccccc3Cl)n2)CC1. The lowest BCUT2D eigenvalue weighted by molar-refractivity contribution is 0.132. The summed E-state index contributed by atoms with van der Waals surface area (Å²) in [5, 5.41) is 7.62. The van der Waals surface area contributed by atoms with Crippen molar-refractivity contribution in [2.45, 2.75) is 13.1 Å². The van der Waals surface area contributed by atoms with Gasteiger partial charge < -0.3 is 14.7 Å². The smallest absolute Gasteiger partial charge is 0.317 e. The Bertz CT molecular complexity index is 954. The van der Waals surface area contributed by atoms with Crippen molar-refractivity contribution in [1.29, 1.82) is 0 Å². The van der Waals surface area contributed by atoms with Crippen LogP contribution in [0, 0.1) is 0 Å². The van der Waals surface area contributed by atoms with Gasteiger partial charge in [-0.2, -0.15) is 4.98 Å². The molecule has 0 bridgehead atoms. The van der Waals surface area contributed by atoms with Gasteiger partial charge in [-0.05, 0) is 17.7 Å². The zero-order valence-corrected chi connectivity index (χ0v) is 16.7. The zero-order valence-electron chi connectivity index (χ0n) is 15.9. The van der Waals surface area contributed by atoms with Crippen LogP contribution in [-0.4, -0.2) is 52.2 Å². The highest BCUT2D eigenvalue weighted by Crippen LogP contribution is 2.26. The van der Waals surface area contributed by atoms with Crippen molar-refractivity contribution < 1.29 is 9.32 Å². The molecule has 29 heavy (non-hydrogen) atoms. The van der Waals surface area contributed by atoms with E-state index in [1.807, 2.05) is 53.4 Å². The van der Waals surface area contributed by atoms with Crippen molar-refractivity contribution in [1.82, 2.24) is 25.3 Å². The standard InChI is InChI=1S/C21H22ClN5O2/c22-18-9-5-4-8-17(18)20-24-19(25-29-20)15-26-10-12-27(13-11-26)21(28)23-14-16-6-2-1-3-7-16/h1-9H,10-15H2,(H,23,28). The number of halogens is 1. The molecule has 2 aromatic carbocycles. The number of nitrogens with zero attached hydrogens (tertiary/aromatic N) is 4. The van der Waals surface area contributed by atoms with Crippen LogP contribution >= 0.6 is 11.6 Å². The van der Waals surface area contributed by atoms with E-state index in [9.17, 15) is 4.79 Å². The lowest BCUT2D eigenvalue weighted by atomic mass is 10.2. The Hall–Kier alpha value is -2.90. The van der Waals surface area contributed by atoms with Crippen LogP contribution in [-0.2, 0) is 13.1 Å². The highest BCUT2D eigenvalue weighted by Gasteiger charge is 2.22. The number of benzene rings is 2. The van der Waals surface area contributed by atoms with Gasteiger partial charge >= 0.3 is 6.03 Å². The maximum Gasteiger partial charge on any atom is 0.317 e. The van der Waals surface area contributed by atoms with Crippen LogP contribution < -0.4 is 5.32 Å². The average Bonchev–Trinajstić information content (AvgIpc) is 3.22. The van der Waals surface area contributed by atoms with Gasteiger partial charge in [-0.15, -0.1) is 0 Å². The molecule has 0 aliphatic carbocycles. The number of amides is 2. The Balaban J connectivity index is 1.26. The van der Waals surface area contributed by atoms with Gasteiger partial charge in [0.15, 0.2) is 5.82 Å². The van der Waals surface area contributed by atoms with E-state index in [0.717, 1.165) is 24.2 Å². The summed E-state index contributed by atoms with van der Waals surface area (Å²) in [6.07, 6.45) is 0. The minimum absolute atomic E-state index is 0.0333. The number of rotatable bonds is 5. The normalized spacial score (nSPS) is 14.7. The van der Waals surface area contributed by atoms with Gasteiger partial charge in [0.25, 0.3) is 5.89 Å². The Kier molecular flexibility index (Phi) is 6.07. The van der Waals surface area contributed by atoms with Crippen LogP contribution in [0.2, 0.25) is 5.02 Å². The van der Waals surface area contributed by atoms with Gasteiger partial charge in [-0.3, -0.25) is 4.90 Å². The van der Waals surface area contributed by atoms with Gasteiger partial charge in [0, 0.05) is 32.7 Å². The molecule has 4 rings (SSSR count). The fourth-order valence-corrected chi connectivity index (χ4v) is 3.47. The van der Waals surface area contributed by atoms with Crippen LogP contribution in [0.5, 0.6) is 0 Å². The molecule has 0 unspecified atom stereocenters. The summed E-state index contributed by atoms with van der Waals surface area (Å²) in [6.45, 7) is 3.95. The molecular formula is C21H22ClN5O2. The molecule has 0 spiro atoms. The maximum atomic E-state index is 12.4. The Labute approximate surface area is 174 Å². The fraction of sp³-hybridized carbons (Fsp3) is 0.286. The molecule has 1 aliphatic rings. The molecule has 2 amide bonds. The van der Waals surface area contributed by atoms with Gasteiger partial charge in [-0.1, -0.05) is 59.2 Å². The van der Waals surface area contributed by atoms with Crippen molar-refractivity contribution in [2.24, 2.45) is 0 Å². The Morgan fingerprint density at radius 2 is 1.76 bits per heavy atom. The second kappa shape index (κ2) is 9.07. The number of nitrogens with one attached hydrogen (secondary N) is 1. The van der Waals surface area contributed by atoms with E-state index in [-0.39, 0.29) is 6.03 Å². The van der Waals surface area contributed by atoms with Crippen molar-refractivity contribution >= 4 is 17.6 Å². The van der Waals surface area contributed by atoms with Crippen molar-refractivity contribution in [3.63, 3.8) is 0 Å². The van der Waals surface area contributed by atoms with E-state index in [4.69, 9.17) is 16.1 Å². The van der Waals surface area contributed by atoms with Crippen LogP contribution in [0.1, 0.15) is 11.4 Å². The summed E-state index contributed by atoms with van der Waals surface area (Å²) < 4.78 is 5.36. The molecule has 0 atom stereocenters. The molecular weight excluding hydrogens is 390 g/mol. The number of aromatic nitrogens is 2. The molecule has 7 nitrogen and oxygen atoms in total. The van der Waals surface area contributed by atoms with E-state index in [1.165, 1.54) is 0 Å². The monoisotopic (exact) mass is 411 g/mol. The number of piperazine rings is 1. The summed E-state index contributed by atoms with van der Waals surface area (Å²) in [5.41, 5.74) is 1.82. The molecule has 150 valence electrons. The van der Waals surface area contributed by atoms with E-state index in [1.54, 1.807) is 6.07 Å². The zero-order chi connectivity index (χ0) is 20.1. The highest BCUT2D eigenvalue weighted by atomic mass is 35.5. The third kappa shape index (κ3) is 4.93. The molecule has 1 fully saturated rings. The van der Waals surface area contributed by atoms with Crippen LogP contribution in [0.15, 0.2) is 59.1 Å². The van der Waals surface area contributed by atoms with E-state index < -0.39 is 0 Å². The van der Waals surface area contributed by atoms with Gasteiger partial charge in [-0.25, -0.2) is 4.79 Å². The minimum atomic E-state index is -0.0333. The number of carbonyl (C=O) groups is 1. The van der Waals surface area contributed by atoms with E-state index in [2.05, 4.69) is 20.4 Å².